The molecule has 0 aliphatic carbocycles. The molecule has 0 saturated heterocycles. The van der Waals surface area contributed by atoms with Crippen molar-refractivity contribution in [3.63, 3.8) is 0 Å². The van der Waals surface area contributed by atoms with Crippen molar-refractivity contribution in [3.8, 4) is 0 Å². The normalized spacial score (nSPS) is 12.1. The van der Waals surface area contributed by atoms with Gasteiger partial charge < -0.3 is 0 Å². The summed E-state index contributed by atoms with van der Waals surface area (Å²) >= 11 is 0. The standard InChI is InChI=1S/C19H15ClO5/c21-20(22,23)25-24-19(16-10-4-1-5-11-16,17-12-6-2-7-13-17)18-14-8-3-9-15-18/h1-15H. The molecule has 3 rings (SSSR count). The molecule has 0 aromatic heterocycles. The summed E-state index contributed by atoms with van der Waals surface area (Å²) in [6.45, 7) is 0. The third-order valence-electron chi connectivity index (χ3n) is 3.77. The number of benzene rings is 3. The van der Waals surface area contributed by atoms with Gasteiger partial charge in [0.15, 0.2) is 5.60 Å². The Morgan fingerprint density at radius 3 is 1.16 bits per heavy atom. The van der Waals surface area contributed by atoms with Crippen LogP contribution in [0.5, 0.6) is 0 Å². The Morgan fingerprint density at radius 2 is 0.880 bits per heavy atom. The first kappa shape index (κ1) is 17.6. The molecule has 0 saturated carbocycles. The maximum Gasteiger partial charge on any atom is 0.265 e. The van der Waals surface area contributed by atoms with Gasteiger partial charge in [0.05, 0.1) is 0 Å². The van der Waals surface area contributed by atoms with E-state index in [9.17, 15) is 14.0 Å². The van der Waals surface area contributed by atoms with Crippen molar-refractivity contribution < 1.29 is 33.5 Å². The van der Waals surface area contributed by atoms with Gasteiger partial charge in [0, 0.05) is 0 Å². The van der Waals surface area contributed by atoms with Crippen molar-refractivity contribution in [3.05, 3.63) is 108 Å². The van der Waals surface area contributed by atoms with Gasteiger partial charge in [-0.1, -0.05) is 95.9 Å². The second-order valence-corrected chi connectivity index (χ2v) is 6.19. The van der Waals surface area contributed by atoms with Crippen molar-refractivity contribution >= 4 is 0 Å². The zero-order valence-electron chi connectivity index (χ0n) is 13.1. The Kier molecular flexibility index (Phi) is 5.15. The first-order chi connectivity index (χ1) is 12.0. The largest absolute Gasteiger partial charge is 0.265 e. The Hall–Kier alpha value is -2.25. The fourth-order valence-corrected chi connectivity index (χ4v) is 2.92. The Labute approximate surface area is 147 Å². The number of rotatable bonds is 6. The third kappa shape index (κ3) is 3.88. The highest BCUT2D eigenvalue weighted by molar-refractivity contribution is 5.47. The van der Waals surface area contributed by atoms with Gasteiger partial charge in [-0.2, -0.15) is 14.0 Å². The molecular formula is C19H15ClO5. The second-order valence-electron chi connectivity index (χ2n) is 5.30. The summed E-state index contributed by atoms with van der Waals surface area (Å²) in [5.74, 6) is 0. The lowest BCUT2D eigenvalue weighted by atomic mass is 9.80. The minimum atomic E-state index is -4.76. The molecule has 0 radical (unpaired) electrons. The number of hydrogen-bond donors (Lipinski definition) is 0. The van der Waals surface area contributed by atoms with E-state index in [4.69, 9.17) is 4.89 Å². The summed E-state index contributed by atoms with van der Waals surface area (Å²) in [7, 11) is -4.76. The van der Waals surface area contributed by atoms with E-state index in [1.54, 1.807) is 72.8 Å². The van der Waals surface area contributed by atoms with Gasteiger partial charge in [0.2, 0.25) is 0 Å². The minimum Gasteiger partial charge on any atom is -0.180 e. The number of hydrogen-bond acceptors (Lipinski definition) is 5. The van der Waals surface area contributed by atoms with Gasteiger partial charge in [-0.3, -0.25) is 0 Å². The minimum absolute atomic E-state index is 0.617. The van der Waals surface area contributed by atoms with Crippen LogP contribution in [0.25, 0.3) is 0 Å². The summed E-state index contributed by atoms with van der Waals surface area (Å²) in [5, 5.41) is 0. The molecule has 0 N–H and O–H groups in total. The molecular weight excluding hydrogens is 344 g/mol. The smallest absolute Gasteiger partial charge is 0.180 e. The van der Waals surface area contributed by atoms with E-state index in [-0.39, 0.29) is 0 Å². The molecule has 0 aliphatic rings. The van der Waals surface area contributed by atoms with E-state index in [1.807, 2.05) is 18.2 Å². The molecule has 6 heteroatoms. The first-order valence-electron chi connectivity index (χ1n) is 7.47. The summed E-state index contributed by atoms with van der Waals surface area (Å²) in [6, 6.07) is 26.9. The van der Waals surface area contributed by atoms with Crippen LogP contribution in [0.3, 0.4) is 0 Å². The van der Waals surface area contributed by atoms with Gasteiger partial charge in [-0.25, -0.2) is 0 Å². The quantitative estimate of drug-likeness (QED) is 0.370. The van der Waals surface area contributed by atoms with Crippen LogP contribution in [0.15, 0.2) is 91.0 Å². The molecule has 0 fully saturated rings. The average Bonchev–Trinajstić information content (AvgIpc) is 2.64. The van der Waals surface area contributed by atoms with Crippen LogP contribution in [0.2, 0.25) is 0 Å². The van der Waals surface area contributed by atoms with E-state index >= 15 is 0 Å². The van der Waals surface area contributed by atoms with Crippen molar-refractivity contribution in [1.82, 2.24) is 0 Å². The monoisotopic (exact) mass is 358 g/mol. The molecule has 3 aromatic carbocycles. The molecule has 128 valence electrons. The molecule has 0 spiro atoms. The van der Waals surface area contributed by atoms with Crippen molar-refractivity contribution in [1.29, 1.82) is 0 Å². The van der Waals surface area contributed by atoms with E-state index < -0.39 is 15.8 Å². The van der Waals surface area contributed by atoms with Gasteiger partial charge in [0.25, 0.3) is 4.44 Å². The van der Waals surface area contributed by atoms with Crippen LogP contribution in [0.1, 0.15) is 16.7 Å². The van der Waals surface area contributed by atoms with Crippen LogP contribution in [0.4, 0.5) is 0 Å². The summed E-state index contributed by atoms with van der Waals surface area (Å²) < 4.78 is 37.4. The molecule has 0 unspecified atom stereocenters. The van der Waals surface area contributed by atoms with Crippen LogP contribution >= 0.6 is 0 Å². The molecule has 0 aliphatic heterocycles. The SMILES string of the molecule is [O-][Cl+3]([O-])([O-])OOC(c1ccccc1)(c1ccccc1)c1ccccc1. The Balaban J connectivity index is 2.24. The highest BCUT2D eigenvalue weighted by Crippen LogP contribution is 2.40. The maximum atomic E-state index is 11.0. The van der Waals surface area contributed by atoms with Gasteiger partial charge in [0.1, 0.15) is 10.2 Å². The highest BCUT2D eigenvalue weighted by Gasteiger charge is 2.44. The van der Waals surface area contributed by atoms with Crippen molar-refractivity contribution in [2.45, 2.75) is 5.60 Å². The highest BCUT2D eigenvalue weighted by atomic mass is 35.7. The van der Waals surface area contributed by atoms with Gasteiger partial charge in [-0.15, -0.1) is 0 Å². The van der Waals surface area contributed by atoms with E-state index in [0.717, 1.165) is 0 Å². The van der Waals surface area contributed by atoms with Crippen molar-refractivity contribution in [2.24, 2.45) is 0 Å². The first-order valence-corrected chi connectivity index (χ1v) is 8.70. The average molecular weight is 359 g/mol. The molecule has 0 heterocycles. The maximum absolute atomic E-state index is 11.0. The van der Waals surface area contributed by atoms with E-state index in [0.29, 0.717) is 16.7 Å². The zero-order valence-corrected chi connectivity index (χ0v) is 13.8. The van der Waals surface area contributed by atoms with Crippen LogP contribution in [-0.4, -0.2) is 0 Å². The molecule has 25 heavy (non-hydrogen) atoms. The van der Waals surface area contributed by atoms with E-state index in [2.05, 4.69) is 4.44 Å². The molecule has 0 atom stereocenters. The zero-order chi connectivity index (χ0) is 17.8. The predicted octanol–water partition coefficient (Wildman–Crippen LogP) is 0.824. The lowest BCUT2D eigenvalue weighted by molar-refractivity contribution is -1.93. The van der Waals surface area contributed by atoms with Gasteiger partial charge >= 0.3 is 0 Å². The second kappa shape index (κ2) is 7.33. The Morgan fingerprint density at radius 1 is 0.560 bits per heavy atom. The lowest BCUT2D eigenvalue weighted by Crippen LogP contribution is -2.61. The van der Waals surface area contributed by atoms with Crippen LogP contribution < -0.4 is 14.0 Å². The molecule has 5 nitrogen and oxygen atoms in total. The third-order valence-corrected chi connectivity index (χ3v) is 3.99. The topological polar surface area (TPSA) is 87.6 Å². The predicted molar refractivity (Wildman–Crippen MR) is 81.4 cm³/mol. The van der Waals surface area contributed by atoms with Crippen LogP contribution in [0, 0.1) is 10.2 Å². The Bertz CT molecular complexity index is 692. The summed E-state index contributed by atoms with van der Waals surface area (Å²) in [6.07, 6.45) is 0. The summed E-state index contributed by atoms with van der Waals surface area (Å²) in [5.41, 5.74) is 0.428. The van der Waals surface area contributed by atoms with Crippen molar-refractivity contribution in [2.75, 3.05) is 0 Å². The molecule has 3 aromatic rings. The molecule has 0 bridgehead atoms. The number of halogens is 1. The summed E-state index contributed by atoms with van der Waals surface area (Å²) in [4.78, 5) is 5.34. The van der Waals surface area contributed by atoms with Crippen LogP contribution in [-0.2, 0) is 14.9 Å². The van der Waals surface area contributed by atoms with E-state index in [1.165, 1.54) is 0 Å². The van der Waals surface area contributed by atoms with Gasteiger partial charge in [-0.05, 0) is 16.7 Å². The lowest BCUT2D eigenvalue weighted by Gasteiger charge is -2.31. The fraction of sp³-hybridized carbons (Fsp3) is 0.0526. The molecule has 0 amide bonds. The fourth-order valence-electron chi connectivity index (χ4n) is 2.75.